The highest BCUT2D eigenvalue weighted by atomic mass is 16.1. The van der Waals surface area contributed by atoms with Crippen molar-refractivity contribution in [1.29, 1.82) is 5.26 Å². The van der Waals surface area contributed by atoms with Crippen molar-refractivity contribution in [2.24, 2.45) is 0 Å². The van der Waals surface area contributed by atoms with Crippen LogP contribution < -0.4 is 5.32 Å². The van der Waals surface area contributed by atoms with Crippen LogP contribution in [0.1, 0.15) is 44.0 Å². The number of carbonyl (C=O) groups is 2. The molecule has 1 amide bonds. The van der Waals surface area contributed by atoms with Gasteiger partial charge in [0.25, 0.3) is 5.91 Å². The number of benzene rings is 1. The fraction of sp³-hybridized carbons (Fsp3) is 0.389. The van der Waals surface area contributed by atoms with E-state index in [1.54, 1.807) is 30.5 Å². The van der Waals surface area contributed by atoms with Crippen LogP contribution in [-0.4, -0.2) is 29.7 Å². The standard InChI is InChI=1S/C18H23N3O2/c1-4-9-21(10-5-2)13-16(12-19)18(23)20-17-8-6-7-15(11-17)14(3)22/h6-8,11,13H,4-5,9-10H2,1-3H3,(H,20,23)/b16-13-. The minimum absolute atomic E-state index is 0.0557. The third-order valence-electron chi connectivity index (χ3n) is 3.23. The smallest absolute Gasteiger partial charge is 0.267 e. The fourth-order valence-electron chi connectivity index (χ4n) is 2.15. The Kier molecular flexibility index (Phi) is 7.55. The molecule has 0 bridgehead atoms. The van der Waals surface area contributed by atoms with Crippen molar-refractivity contribution in [3.63, 3.8) is 0 Å². The molecule has 1 rings (SSSR count). The molecule has 1 aromatic rings. The van der Waals surface area contributed by atoms with Crippen LogP contribution in [0, 0.1) is 11.3 Å². The normalized spacial score (nSPS) is 10.8. The first-order chi connectivity index (χ1) is 11.0. The number of anilines is 1. The van der Waals surface area contributed by atoms with Gasteiger partial charge in [-0.3, -0.25) is 9.59 Å². The molecule has 0 aliphatic carbocycles. The maximum atomic E-state index is 12.3. The lowest BCUT2D eigenvalue weighted by Crippen LogP contribution is -2.22. The van der Waals surface area contributed by atoms with Crippen molar-refractivity contribution in [1.82, 2.24) is 4.90 Å². The third-order valence-corrected chi connectivity index (χ3v) is 3.23. The molecule has 0 aliphatic rings. The highest BCUT2D eigenvalue weighted by Crippen LogP contribution is 2.13. The molecular weight excluding hydrogens is 290 g/mol. The summed E-state index contributed by atoms with van der Waals surface area (Å²) in [6, 6.07) is 8.62. The summed E-state index contributed by atoms with van der Waals surface area (Å²) in [5.74, 6) is -0.542. The average molecular weight is 313 g/mol. The molecule has 1 N–H and O–H groups in total. The molecule has 0 fully saturated rings. The van der Waals surface area contributed by atoms with E-state index >= 15 is 0 Å². The van der Waals surface area contributed by atoms with E-state index in [1.165, 1.54) is 6.92 Å². The summed E-state index contributed by atoms with van der Waals surface area (Å²) in [5, 5.41) is 11.9. The van der Waals surface area contributed by atoms with Crippen LogP contribution in [0.2, 0.25) is 0 Å². The quantitative estimate of drug-likeness (QED) is 0.454. The number of nitrogens with zero attached hydrogens (tertiary/aromatic N) is 2. The van der Waals surface area contributed by atoms with Crippen molar-refractivity contribution >= 4 is 17.4 Å². The molecule has 0 saturated carbocycles. The van der Waals surface area contributed by atoms with Crippen molar-refractivity contribution in [2.45, 2.75) is 33.6 Å². The molecule has 0 heterocycles. The van der Waals surface area contributed by atoms with E-state index in [0.29, 0.717) is 11.3 Å². The lowest BCUT2D eigenvalue weighted by Gasteiger charge is -2.19. The topological polar surface area (TPSA) is 73.2 Å². The first-order valence-corrected chi connectivity index (χ1v) is 7.80. The molecule has 0 saturated heterocycles. The number of ketones is 1. The van der Waals surface area contributed by atoms with Gasteiger partial charge in [-0.2, -0.15) is 5.26 Å². The predicted molar refractivity (Wildman–Crippen MR) is 90.9 cm³/mol. The van der Waals surface area contributed by atoms with Gasteiger partial charge in [0.2, 0.25) is 0 Å². The molecule has 23 heavy (non-hydrogen) atoms. The maximum Gasteiger partial charge on any atom is 0.267 e. The van der Waals surface area contributed by atoms with E-state index < -0.39 is 5.91 Å². The van der Waals surface area contributed by atoms with Crippen LogP contribution in [0.4, 0.5) is 5.69 Å². The van der Waals surface area contributed by atoms with Crippen molar-refractivity contribution < 1.29 is 9.59 Å². The molecule has 0 unspecified atom stereocenters. The molecule has 122 valence electrons. The van der Waals surface area contributed by atoms with Gasteiger partial charge in [0.1, 0.15) is 11.6 Å². The van der Waals surface area contributed by atoms with Crippen LogP contribution in [0.15, 0.2) is 36.0 Å². The Hall–Kier alpha value is -2.61. The van der Waals surface area contributed by atoms with Gasteiger partial charge in [-0.1, -0.05) is 26.0 Å². The Morgan fingerprint density at radius 2 is 1.91 bits per heavy atom. The second-order valence-electron chi connectivity index (χ2n) is 5.28. The first-order valence-electron chi connectivity index (χ1n) is 7.80. The zero-order valence-corrected chi connectivity index (χ0v) is 13.9. The molecule has 5 heteroatoms. The first kappa shape index (κ1) is 18.4. The number of carbonyl (C=O) groups excluding carboxylic acids is 2. The van der Waals surface area contributed by atoms with Gasteiger partial charge in [-0.05, 0) is 31.9 Å². The second-order valence-corrected chi connectivity index (χ2v) is 5.28. The molecule has 5 nitrogen and oxygen atoms in total. The number of amides is 1. The lowest BCUT2D eigenvalue weighted by molar-refractivity contribution is -0.112. The lowest BCUT2D eigenvalue weighted by atomic mass is 10.1. The Morgan fingerprint density at radius 1 is 1.26 bits per heavy atom. The minimum atomic E-state index is -0.467. The third kappa shape index (κ3) is 5.95. The van der Waals surface area contributed by atoms with Crippen molar-refractivity contribution in [3.05, 3.63) is 41.6 Å². The van der Waals surface area contributed by atoms with Gasteiger partial charge in [0, 0.05) is 30.5 Å². The zero-order chi connectivity index (χ0) is 17.2. The number of rotatable bonds is 8. The van der Waals surface area contributed by atoms with E-state index in [1.807, 2.05) is 11.0 Å². The summed E-state index contributed by atoms with van der Waals surface area (Å²) in [5.41, 5.74) is 1.07. The summed E-state index contributed by atoms with van der Waals surface area (Å²) in [6.45, 7) is 7.17. The number of hydrogen-bond donors (Lipinski definition) is 1. The van der Waals surface area contributed by atoms with Gasteiger partial charge >= 0.3 is 0 Å². The SMILES string of the molecule is CCCN(/C=C(/C#N)C(=O)Nc1cccc(C(C)=O)c1)CCC. The van der Waals surface area contributed by atoms with Gasteiger partial charge in [-0.15, -0.1) is 0 Å². The van der Waals surface area contributed by atoms with Crippen molar-refractivity contribution in [3.8, 4) is 6.07 Å². The van der Waals surface area contributed by atoms with Gasteiger partial charge in [-0.25, -0.2) is 0 Å². The van der Waals surface area contributed by atoms with E-state index in [0.717, 1.165) is 25.9 Å². The Morgan fingerprint density at radius 3 is 2.43 bits per heavy atom. The number of nitriles is 1. The summed E-state index contributed by atoms with van der Waals surface area (Å²) < 4.78 is 0. The molecule has 0 radical (unpaired) electrons. The summed E-state index contributed by atoms with van der Waals surface area (Å²) >= 11 is 0. The highest BCUT2D eigenvalue weighted by molar-refractivity contribution is 6.07. The van der Waals surface area contributed by atoms with Crippen LogP contribution in [0.25, 0.3) is 0 Å². The summed E-state index contributed by atoms with van der Waals surface area (Å²) in [7, 11) is 0. The molecular formula is C18H23N3O2. The Labute approximate surface area is 137 Å². The number of Topliss-reactive ketones (excluding diaryl/α,β-unsaturated/α-hetero) is 1. The molecule has 0 atom stereocenters. The van der Waals surface area contributed by atoms with Crippen molar-refractivity contribution in [2.75, 3.05) is 18.4 Å². The highest BCUT2D eigenvalue weighted by Gasteiger charge is 2.12. The van der Waals surface area contributed by atoms with E-state index in [2.05, 4.69) is 19.2 Å². The van der Waals surface area contributed by atoms with E-state index in [9.17, 15) is 14.9 Å². The van der Waals surface area contributed by atoms with E-state index in [4.69, 9.17) is 0 Å². The molecule has 0 spiro atoms. The Bertz CT molecular complexity index is 623. The minimum Gasteiger partial charge on any atom is -0.376 e. The number of nitrogens with one attached hydrogen (secondary N) is 1. The van der Waals surface area contributed by atoms with Crippen LogP contribution >= 0.6 is 0 Å². The second kappa shape index (κ2) is 9.42. The predicted octanol–water partition coefficient (Wildman–Crippen LogP) is 3.36. The van der Waals surface area contributed by atoms with Gasteiger partial charge in [0.15, 0.2) is 5.78 Å². The molecule has 1 aromatic carbocycles. The van der Waals surface area contributed by atoms with Gasteiger partial charge in [0.05, 0.1) is 0 Å². The van der Waals surface area contributed by atoms with Crippen LogP contribution in [0.5, 0.6) is 0 Å². The van der Waals surface area contributed by atoms with E-state index in [-0.39, 0.29) is 11.4 Å². The summed E-state index contributed by atoms with van der Waals surface area (Å²) in [4.78, 5) is 25.6. The zero-order valence-electron chi connectivity index (χ0n) is 13.9. The Balaban J connectivity index is 2.90. The van der Waals surface area contributed by atoms with Crippen LogP contribution in [0.3, 0.4) is 0 Å². The fourth-order valence-corrected chi connectivity index (χ4v) is 2.15. The number of hydrogen-bond acceptors (Lipinski definition) is 4. The van der Waals surface area contributed by atoms with Crippen LogP contribution in [-0.2, 0) is 4.79 Å². The molecule has 0 aliphatic heterocycles. The van der Waals surface area contributed by atoms with Gasteiger partial charge < -0.3 is 10.2 Å². The largest absolute Gasteiger partial charge is 0.376 e. The summed E-state index contributed by atoms with van der Waals surface area (Å²) in [6.07, 6.45) is 3.49. The maximum absolute atomic E-state index is 12.3. The average Bonchev–Trinajstić information content (AvgIpc) is 2.53. The molecule has 0 aromatic heterocycles. The monoisotopic (exact) mass is 313 g/mol.